The van der Waals surface area contributed by atoms with Gasteiger partial charge in [0.1, 0.15) is 5.82 Å². The number of aromatic nitrogens is 1. The molecule has 1 aliphatic rings. The van der Waals surface area contributed by atoms with E-state index in [2.05, 4.69) is 34.7 Å². The number of alkyl halides is 3. The molecule has 1 aromatic heterocycles. The molecule has 0 atom stereocenters. The van der Waals surface area contributed by atoms with Gasteiger partial charge in [-0.15, -0.1) is 0 Å². The van der Waals surface area contributed by atoms with E-state index in [0.717, 1.165) is 23.4 Å². The van der Waals surface area contributed by atoms with Crippen molar-refractivity contribution in [1.82, 2.24) is 9.47 Å². The van der Waals surface area contributed by atoms with Crippen LogP contribution in [0, 0.1) is 5.82 Å². The van der Waals surface area contributed by atoms with E-state index in [1.54, 1.807) is 0 Å². The Morgan fingerprint density at radius 2 is 1.79 bits per heavy atom. The first-order valence-electron chi connectivity index (χ1n) is 8.66. The van der Waals surface area contributed by atoms with Gasteiger partial charge < -0.3 is 4.90 Å². The fourth-order valence-corrected chi connectivity index (χ4v) is 3.60. The Morgan fingerprint density at radius 3 is 2.36 bits per heavy atom. The maximum atomic E-state index is 14.3. The van der Waals surface area contributed by atoms with Crippen molar-refractivity contribution in [2.75, 3.05) is 31.6 Å². The summed E-state index contributed by atoms with van der Waals surface area (Å²) in [5.41, 5.74) is -1.25. The van der Waals surface area contributed by atoms with Crippen molar-refractivity contribution >= 4 is 21.6 Å². The molecular weight excluding hydrogens is 442 g/mol. The number of nitrogens with zero attached hydrogens (tertiary/aromatic N) is 3. The van der Waals surface area contributed by atoms with Crippen molar-refractivity contribution in [3.63, 3.8) is 0 Å². The number of anilines is 1. The summed E-state index contributed by atoms with van der Waals surface area (Å²) in [6, 6.07) is 4.13. The molecular formula is C19H20BrF4N3O. The number of benzene rings is 1. The highest BCUT2D eigenvalue weighted by atomic mass is 79.9. The number of halogens is 5. The van der Waals surface area contributed by atoms with Crippen LogP contribution >= 0.6 is 15.9 Å². The molecule has 1 aromatic carbocycles. The summed E-state index contributed by atoms with van der Waals surface area (Å²) in [6.45, 7) is 6.01. The van der Waals surface area contributed by atoms with Gasteiger partial charge in [-0.05, 0) is 49.0 Å². The summed E-state index contributed by atoms with van der Waals surface area (Å²) in [4.78, 5) is 16.6. The molecule has 0 N–H and O–H groups in total. The van der Waals surface area contributed by atoms with Crippen LogP contribution < -0.4 is 10.5 Å². The minimum absolute atomic E-state index is 0.131. The third-order valence-corrected chi connectivity index (χ3v) is 5.79. The number of pyridine rings is 1. The highest BCUT2D eigenvalue weighted by Gasteiger charge is 2.33. The largest absolute Gasteiger partial charge is 0.416 e. The highest BCUT2D eigenvalue weighted by Crippen LogP contribution is 2.34. The summed E-state index contributed by atoms with van der Waals surface area (Å²) < 4.78 is 54.2. The van der Waals surface area contributed by atoms with E-state index in [1.165, 1.54) is 12.1 Å². The lowest BCUT2D eigenvalue weighted by molar-refractivity contribution is -0.137. The molecule has 0 aliphatic carbocycles. The smallest absolute Gasteiger partial charge is 0.367 e. The molecule has 0 bridgehead atoms. The summed E-state index contributed by atoms with van der Waals surface area (Å²) in [6.07, 6.45) is -3.53. The molecule has 4 nitrogen and oxygen atoms in total. The molecule has 0 radical (unpaired) electrons. The zero-order chi connectivity index (χ0) is 20.9. The second kappa shape index (κ2) is 7.18. The van der Waals surface area contributed by atoms with E-state index < -0.39 is 23.1 Å². The highest BCUT2D eigenvalue weighted by molar-refractivity contribution is 9.10. The Labute approximate surface area is 168 Å². The monoisotopic (exact) mass is 461 g/mol. The summed E-state index contributed by atoms with van der Waals surface area (Å²) in [5.74, 6) is -0.504. The zero-order valence-electron chi connectivity index (χ0n) is 15.6. The Hall–Kier alpha value is -1.87. The van der Waals surface area contributed by atoms with Gasteiger partial charge in [-0.1, -0.05) is 0 Å². The van der Waals surface area contributed by atoms with E-state index in [0.29, 0.717) is 30.5 Å². The molecule has 2 heterocycles. The molecule has 0 spiro atoms. The van der Waals surface area contributed by atoms with Crippen LogP contribution in [0.2, 0.25) is 0 Å². The first kappa shape index (κ1) is 20.9. The minimum Gasteiger partial charge on any atom is -0.367 e. The number of hydrogen-bond acceptors (Lipinski definition) is 3. The Kier molecular flexibility index (Phi) is 5.35. The van der Waals surface area contributed by atoms with E-state index in [4.69, 9.17) is 0 Å². The minimum atomic E-state index is -4.61. The van der Waals surface area contributed by atoms with Crippen LogP contribution in [0.3, 0.4) is 0 Å². The lowest BCUT2D eigenvalue weighted by atomic mass is 9.99. The topological polar surface area (TPSA) is 28.5 Å². The first-order valence-corrected chi connectivity index (χ1v) is 9.45. The molecule has 1 saturated heterocycles. The number of likely N-dealkylation sites (N-methyl/N-ethyl adjacent to an activating group) is 1. The number of rotatable bonds is 2. The molecule has 1 aliphatic heterocycles. The fourth-order valence-electron chi connectivity index (χ4n) is 3.27. The van der Waals surface area contributed by atoms with Crippen LogP contribution in [0.4, 0.5) is 23.2 Å². The van der Waals surface area contributed by atoms with E-state index in [-0.39, 0.29) is 10.0 Å². The lowest BCUT2D eigenvalue weighted by Gasteiger charge is -2.46. The van der Waals surface area contributed by atoms with Crippen molar-refractivity contribution in [1.29, 1.82) is 0 Å². The van der Waals surface area contributed by atoms with Gasteiger partial charge in [-0.25, -0.2) is 4.39 Å². The van der Waals surface area contributed by atoms with Crippen LogP contribution in [0.1, 0.15) is 19.4 Å². The molecule has 2 aromatic rings. The molecule has 1 fully saturated rings. The molecule has 0 saturated carbocycles. The average molecular weight is 462 g/mol. The van der Waals surface area contributed by atoms with Crippen molar-refractivity contribution in [3.05, 3.63) is 56.7 Å². The Balaban J connectivity index is 2.12. The maximum absolute atomic E-state index is 14.3. The van der Waals surface area contributed by atoms with Crippen LogP contribution in [0.25, 0.3) is 5.69 Å². The van der Waals surface area contributed by atoms with Crippen LogP contribution in [-0.4, -0.2) is 41.7 Å². The van der Waals surface area contributed by atoms with Crippen LogP contribution in [0.5, 0.6) is 0 Å². The van der Waals surface area contributed by atoms with Gasteiger partial charge in [0.05, 0.1) is 21.4 Å². The van der Waals surface area contributed by atoms with Gasteiger partial charge in [-0.3, -0.25) is 14.3 Å². The summed E-state index contributed by atoms with van der Waals surface area (Å²) in [7, 11) is 2.00. The predicted octanol–water partition coefficient (Wildman–Crippen LogP) is 4.29. The Morgan fingerprint density at radius 1 is 1.11 bits per heavy atom. The SMILES string of the molecule is CN1CCN(c2cc(F)c(Br)cc2-n2ccc(C(F)(F)F)cc2=O)CC1(C)C. The third-order valence-electron chi connectivity index (χ3n) is 5.18. The van der Waals surface area contributed by atoms with E-state index in [9.17, 15) is 22.4 Å². The molecule has 0 amide bonds. The second-order valence-corrected chi connectivity index (χ2v) is 8.39. The fraction of sp³-hybridized carbons (Fsp3) is 0.421. The maximum Gasteiger partial charge on any atom is 0.416 e. The van der Waals surface area contributed by atoms with Crippen LogP contribution in [-0.2, 0) is 6.18 Å². The number of piperazine rings is 1. The summed E-state index contributed by atoms with van der Waals surface area (Å²) in [5, 5.41) is 0. The second-order valence-electron chi connectivity index (χ2n) is 7.53. The van der Waals surface area contributed by atoms with Crippen molar-refractivity contribution < 1.29 is 17.6 Å². The number of hydrogen-bond donors (Lipinski definition) is 0. The van der Waals surface area contributed by atoms with Gasteiger partial charge in [0.25, 0.3) is 5.56 Å². The van der Waals surface area contributed by atoms with Crippen molar-refractivity contribution in [2.45, 2.75) is 25.6 Å². The van der Waals surface area contributed by atoms with E-state index in [1.807, 2.05) is 11.9 Å². The normalized spacial score (nSPS) is 17.8. The van der Waals surface area contributed by atoms with E-state index >= 15 is 0 Å². The molecule has 9 heteroatoms. The van der Waals surface area contributed by atoms with Gasteiger partial charge in [-0.2, -0.15) is 13.2 Å². The van der Waals surface area contributed by atoms with Crippen molar-refractivity contribution in [3.8, 4) is 5.69 Å². The molecule has 3 rings (SSSR count). The predicted molar refractivity (Wildman–Crippen MR) is 104 cm³/mol. The van der Waals surface area contributed by atoms with Crippen molar-refractivity contribution in [2.24, 2.45) is 0 Å². The van der Waals surface area contributed by atoms with Gasteiger partial charge >= 0.3 is 6.18 Å². The third kappa shape index (κ3) is 3.96. The van der Waals surface area contributed by atoms with Crippen LogP contribution in [0.15, 0.2) is 39.7 Å². The molecule has 28 heavy (non-hydrogen) atoms. The zero-order valence-corrected chi connectivity index (χ0v) is 17.2. The molecule has 152 valence electrons. The standard InChI is InChI=1S/C19H20BrF4N3O/c1-18(2)11-26(7-6-25(18)3)15-10-14(21)13(20)9-16(15)27-5-4-12(8-17(27)28)19(22,23)24/h4-5,8-10H,6-7,11H2,1-3H3. The first-order chi connectivity index (χ1) is 12.9. The van der Waals surface area contributed by atoms with Gasteiger partial charge in [0.2, 0.25) is 0 Å². The average Bonchev–Trinajstić information content (AvgIpc) is 2.58. The lowest BCUT2D eigenvalue weighted by Crippen LogP contribution is -2.58. The molecule has 0 unspecified atom stereocenters. The van der Waals surface area contributed by atoms with Gasteiger partial charge in [0.15, 0.2) is 0 Å². The Bertz CT molecular complexity index is 955. The summed E-state index contributed by atoms with van der Waals surface area (Å²) >= 11 is 3.11. The quantitative estimate of drug-likeness (QED) is 0.624. The van der Waals surface area contributed by atoms with Gasteiger partial charge in [0, 0.05) is 43.5 Å².